The van der Waals surface area contributed by atoms with E-state index in [0.717, 1.165) is 11.0 Å². The van der Waals surface area contributed by atoms with Crippen LogP contribution < -0.4 is 5.32 Å². The topological polar surface area (TPSA) is 98.5 Å². The van der Waals surface area contributed by atoms with Gasteiger partial charge in [-0.1, -0.05) is 29.3 Å². The molecule has 0 aliphatic heterocycles. The summed E-state index contributed by atoms with van der Waals surface area (Å²) in [6.45, 7) is 1.96. The predicted octanol–water partition coefficient (Wildman–Crippen LogP) is 3.62. The van der Waals surface area contributed by atoms with Crippen LogP contribution in [0.3, 0.4) is 0 Å². The van der Waals surface area contributed by atoms with Crippen molar-refractivity contribution in [1.82, 2.24) is 5.32 Å². The zero-order valence-corrected chi connectivity index (χ0v) is 16.0. The summed E-state index contributed by atoms with van der Waals surface area (Å²) in [5.74, 6) is -0.609. The summed E-state index contributed by atoms with van der Waals surface area (Å²) in [4.78, 5) is 34.9. The lowest BCUT2D eigenvalue weighted by Gasteiger charge is -2.07. The van der Waals surface area contributed by atoms with Crippen LogP contribution in [-0.2, 0) is 9.53 Å². The van der Waals surface area contributed by atoms with Crippen LogP contribution >= 0.6 is 23.4 Å². The van der Waals surface area contributed by atoms with Crippen LogP contribution in [0.4, 0.5) is 5.69 Å². The van der Waals surface area contributed by atoms with Crippen molar-refractivity contribution in [2.45, 2.75) is 11.8 Å². The minimum absolute atomic E-state index is 0.0474. The van der Waals surface area contributed by atoms with E-state index in [1.54, 1.807) is 11.8 Å². The van der Waals surface area contributed by atoms with Crippen molar-refractivity contribution in [3.8, 4) is 0 Å². The highest BCUT2D eigenvalue weighted by Gasteiger charge is 2.17. The van der Waals surface area contributed by atoms with Gasteiger partial charge in [0.25, 0.3) is 11.6 Å². The number of esters is 1. The lowest BCUT2D eigenvalue weighted by molar-refractivity contribution is -0.384. The molecule has 9 heteroatoms. The highest BCUT2D eigenvalue weighted by Crippen LogP contribution is 2.25. The molecule has 0 saturated carbocycles. The molecule has 0 aromatic heterocycles. The third-order valence-corrected chi connectivity index (χ3v) is 4.76. The maximum absolute atomic E-state index is 11.9. The maximum atomic E-state index is 11.9. The second-order valence-electron chi connectivity index (χ2n) is 5.51. The van der Waals surface area contributed by atoms with E-state index in [1.807, 2.05) is 31.2 Å². The average molecular weight is 409 g/mol. The lowest BCUT2D eigenvalue weighted by Crippen LogP contribution is -2.30. The number of carbonyl (C=O) groups excluding carboxylic acids is 2. The van der Waals surface area contributed by atoms with Gasteiger partial charge in [0, 0.05) is 23.3 Å². The van der Waals surface area contributed by atoms with Gasteiger partial charge >= 0.3 is 5.97 Å². The molecule has 142 valence electrons. The third-order valence-electron chi connectivity index (χ3n) is 3.43. The number of nitrogens with zero attached hydrogens (tertiary/aromatic N) is 1. The number of hydrogen-bond acceptors (Lipinski definition) is 6. The number of nitro groups is 1. The van der Waals surface area contributed by atoms with Crippen molar-refractivity contribution < 1.29 is 19.2 Å². The van der Waals surface area contributed by atoms with Gasteiger partial charge < -0.3 is 10.1 Å². The highest BCUT2D eigenvalue weighted by molar-refractivity contribution is 7.99. The molecule has 0 radical (unpaired) electrons. The first-order valence-corrected chi connectivity index (χ1v) is 9.30. The minimum atomic E-state index is -0.834. The van der Waals surface area contributed by atoms with E-state index >= 15 is 0 Å². The molecule has 1 N–H and O–H groups in total. The number of thioether (sulfide) groups is 1. The summed E-state index contributed by atoms with van der Waals surface area (Å²) in [5, 5.41) is 13.4. The molecule has 2 aromatic carbocycles. The average Bonchev–Trinajstić information content (AvgIpc) is 2.64. The first kappa shape index (κ1) is 20.7. The zero-order chi connectivity index (χ0) is 19.8. The zero-order valence-electron chi connectivity index (χ0n) is 14.4. The molecule has 2 rings (SSSR count). The Labute approximate surface area is 165 Å². The second-order valence-corrected chi connectivity index (χ2v) is 7.09. The summed E-state index contributed by atoms with van der Waals surface area (Å²) in [7, 11) is 0. The van der Waals surface area contributed by atoms with Crippen LogP contribution in [0.5, 0.6) is 0 Å². The summed E-state index contributed by atoms with van der Waals surface area (Å²) < 4.78 is 4.87. The lowest BCUT2D eigenvalue weighted by atomic mass is 10.2. The van der Waals surface area contributed by atoms with Crippen LogP contribution in [-0.4, -0.2) is 35.7 Å². The van der Waals surface area contributed by atoms with Crippen LogP contribution in [0.2, 0.25) is 5.02 Å². The summed E-state index contributed by atoms with van der Waals surface area (Å²) >= 11 is 7.29. The van der Waals surface area contributed by atoms with E-state index in [9.17, 15) is 19.7 Å². The van der Waals surface area contributed by atoms with Crippen molar-refractivity contribution in [2.75, 3.05) is 18.9 Å². The fourth-order valence-electron chi connectivity index (χ4n) is 2.04. The summed E-state index contributed by atoms with van der Waals surface area (Å²) in [6, 6.07) is 11.6. The Balaban J connectivity index is 1.73. The van der Waals surface area contributed by atoms with Crippen LogP contribution in [0.1, 0.15) is 15.9 Å². The van der Waals surface area contributed by atoms with Crippen molar-refractivity contribution >= 4 is 40.9 Å². The van der Waals surface area contributed by atoms with E-state index in [4.69, 9.17) is 16.3 Å². The number of ether oxygens (including phenoxy) is 1. The van der Waals surface area contributed by atoms with Crippen LogP contribution in [0, 0.1) is 17.0 Å². The molecule has 0 aliphatic rings. The number of halogens is 1. The Morgan fingerprint density at radius 3 is 2.59 bits per heavy atom. The molecule has 0 spiro atoms. The normalized spacial score (nSPS) is 10.3. The van der Waals surface area contributed by atoms with Gasteiger partial charge in [0.1, 0.15) is 5.02 Å². The van der Waals surface area contributed by atoms with Crippen molar-refractivity contribution in [3.05, 3.63) is 68.7 Å². The molecule has 0 aliphatic carbocycles. The van der Waals surface area contributed by atoms with Crippen molar-refractivity contribution in [1.29, 1.82) is 0 Å². The van der Waals surface area contributed by atoms with Gasteiger partial charge in [0.05, 0.1) is 10.5 Å². The van der Waals surface area contributed by atoms with Crippen molar-refractivity contribution in [3.63, 3.8) is 0 Å². The van der Waals surface area contributed by atoms with Gasteiger partial charge in [-0.3, -0.25) is 14.9 Å². The van der Waals surface area contributed by atoms with E-state index in [0.29, 0.717) is 12.3 Å². The number of carbonyl (C=O) groups is 2. The van der Waals surface area contributed by atoms with Gasteiger partial charge in [0.2, 0.25) is 0 Å². The minimum Gasteiger partial charge on any atom is -0.452 e. The first-order chi connectivity index (χ1) is 12.9. The van der Waals surface area contributed by atoms with Crippen LogP contribution in [0.25, 0.3) is 0 Å². The van der Waals surface area contributed by atoms with Gasteiger partial charge in [-0.05, 0) is 31.2 Å². The summed E-state index contributed by atoms with van der Waals surface area (Å²) in [5.41, 5.74) is 0.734. The third kappa shape index (κ3) is 6.58. The molecular formula is C18H17ClN2O5S. The largest absolute Gasteiger partial charge is 0.452 e. The van der Waals surface area contributed by atoms with Crippen molar-refractivity contribution in [2.24, 2.45) is 0 Å². The Bertz CT molecular complexity index is 842. The molecule has 0 unspecified atom stereocenters. The number of nitrogens with one attached hydrogen (secondary N) is 1. The highest BCUT2D eigenvalue weighted by atomic mass is 35.5. The fraction of sp³-hybridized carbons (Fsp3) is 0.222. The number of benzene rings is 2. The number of aryl methyl sites for hydroxylation is 1. The molecule has 0 saturated heterocycles. The van der Waals surface area contributed by atoms with E-state index in [1.165, 1.54) is 17.7 Å². The monoisotopic (exact) mass is 408 g/mol. The standard InChI is InChI=1S/C18H17ClN2O5S/c1-12-2-5-14(6-3-12)27-9-8-20-17(22)11-26-18(23)13-4-7-15(19)16(10-13)21(24)25/h2-7,10H,8-9,11H2,1H3,(H,20,22). The fourth-order valence-corrected chi connectivity index (χ4v) is 2.99. The van der Waals surface area contributed by atoms with E-state index in [2.05, 4.69) is 5.32 Å². The van der Waals surface area contributed by atoms with Gasteiger partial charge in [0.15, 0.2) is 6.61 Å². The quantitative estimate of drug-likeness (QED) is 0.235. The molecule has 2 aromatic rings. The number of amides is 1. The number of nitro benzene ring substituents is 1. The SMILES string of the molecule is Cc1ccc(SCCNC(=O)COC(=O)c2ccc(Cl)c([N+](=O)[O-])c2)cc1. The Morgan fingerprint density at radius 2 is 1.93 bits per heavy atom. The summed E-state index contributed by atoms with van der Waals surface area (Å²) in [6.07, 6.45) is 0. The Hall–Kier alpha value is -2.58. The molecule has 0 fully saturated rings. The Kier molecular flexibility index (Phi) is 7.63. The van der Waals surface area contributed by atoms with E-state index in [-0.39, 0.29) is 10.6 Å². The smallest absolute Gasteiger partial charge is 0.338 e. The Morgan fingerprint density at radius 1 is 1.22 bits per heavy atom. The molecule has 0 atom stereocenters. The molecule has 7 nitrogen and oxygen atoms in total. The number of hydrogen-bond donors (Lipinski definition) is 1. The number of rotatable bonds is 8. The first-order valence-electron chi connectivity index (χ1n) is 7.94. The predicted molar refractivity (Wildman–Crippen MR) is 103 cm³/mol. The maximum Gasteiger partial charge on any atom is 0.338 e. The van der Waals surface area contributed by atoms with Gasteiger partial charge in [-0.25, -0.2) is 4.79 Å². The molecule has 27 heavy (non-hydrogen) atoms. The van der Waals surface area contributed by atoms with Gasteiger partial charge in [-0.15, -0.1) is 11.8 Å². The van der Waals surface area contributed by atoms with E-state index < -0.39 is 29.1 Å². The van der Waals surface area contributed by atoms with Gasteiger partial charge in [-0.2, -0.15) is 0 Å². The molecule has 0 bridgehead atoms. The second kappa shape index (κ2) is 9.94. The molecule has 1 amide bonds. The van der Waals surface area contributed by atoms with Crippen LogP contribution in [0.15, 0.2) is 47.4 Å². The molecule has 0 heterocycles. The molecular weight excluding hydrogens is 392 g/mol.